The van der Waals surface area contributed by atoms with Gasteiger partial charge in [0.1, 0.15) is 5.54 Å². The summed E-state index contributed by atoms with van der Waals surface area (Å²) in [7, 11) is 1.75. The minimum Gasteiger partial charge on any atom is -0.381 e. The first-order valence-electron chi connectivity index (χ1n) is 4.95. The summed E-state index contributed by atoms with van der Waals surface area (Å²) >= 11 is 0. The van der Waals surface area contributed by atoms with Crippen LogP contribution in [0, 0.1) is 11.3 Å². The lowest BCUT2D eigenvalue weighted by atomic mass is 9.81. The number of rotatable bonds is 3. The topological polar surface area (TPSA) is 45.0 Å². The molecule has 1 saturated carbocycles. The van der Waals surface area contributed by atoms with E-state index in [1.54, 1.807) is 7.11 Å². The predicted molar refractivity (Wildman–Crippen MR) is 51.3 cm³/mol. The molecule has 0 aromatic heterocycles. The second-order valence-corrected chi connectivity index (χ2v) is 3.66. The Bertz CT molecular complexity index is 190. The second kappa shape index (κ2) is 4.59. The molecule has 0 radical (unpaired) electrons. The lowest BCUT2D eigenvalue weighted by Crippen LogP contribution is -2.47. The highest BCUT2D eigenvalue weighted by atomic mass is 16.5. The molecule has 0 atom stereocenters. The molecular weight excluding hydrogens is 164 g/mol. The van der Waals surface area contributed by atoms with E-state index in [2.05, 4.69) is 11.4 Å². The van der Waals surface area contributed by atoms with Crippen molar-refractivity contribution in [2.75, 3.05) is 13.7 Å². The van der Waals surface area contributed by atoms with Crippen LogP contribution in [0.5, 0.6) is 0 Å². The molecule has 1 fully saturated rings. The van der Waals surface area contributed by atoms with Crippen molar-refractivity contribution in [2.24, 2.45) is 0 Å². The highest BCUT2D eigenvalue weighted by Crippen LogP contribution is 2.28. The van der Waals surface area contributed by atoms with Crippen LogP contribution < -0.4 is 5.32 Å². The van der Waals surface area contributed by atoms with Gasteiger partial charge in [0, 0.05) is 7.11 Å². The maximum Gasteiger partial charge on any atom is 0.106 e. The monoisotopic (exact) mass is 182 g/mol. The van der Waals surface area contributed by atoms with Gasteiger partial charge in [0.25, 0.3) is 0 Å². The average molecular weight is 182 g/mol. The Morgan fingerprint density at radius 2 is 2.15 bits per heavy atom. The summed E-state index contributed by atoms with van der Waals surface area (Å²) in [6, 6.07) is 2.40. The quantitative estimate of drug-likeness (QED) is 0.718. The van der Waals surface area contributed by atoms with E-state index in [1.165, 1.54) is 0 Å². The lowest BCUT2D eigenvalue weighted by molar-refractivity contribution is 0.0528. The van der Waals surface area contributed by atoms with Gasteiger partial charge in [-0.3, -0.25) is 5.32 Å². The number of nitrogens with one attached hydrogen (secondary N) is 1. The molecule has 74 valence electrons. The van der Waals surface area contributed by atoms with Crippen LogP contribution in [0.2, 0.25) is 0 Å². The van der Waals surface area contributed by atoms with Gasteiger partial charge in [-0.05, 0) is 32.2 Å². The third-order valence-corrected chi connectivity index (χ3v) is 2.85. The molecule has 0 spiro atoms. The zero-order chi connectivity index (χ0) is 9.73. The molecule has 1 aliphatic carbocycles. The second-order valence-electron chi connectivity index (χ2n) is 3.66. The van der Waals surface area contributed by atoms with E-state index >= 15 is 0 Å². The van der Waals surface area contributed by atoms with E-state index in [9.17, 15) is 0 Å². The van der Waals surface area contributed by atoms with Crippen LogP contribution in [0.25, 0.3) is 0 Å². The van der Waals surface area contributed by atoms with Gasteiger partial charge in [0.2, 0.25) is 0 Å². The molecule has 0 amide bonds. The molecule has 0 aromatic rings. The molecule has 1 aliphatic rings. The van der Waals surface area contributed by atoms with Crippen molar-refractivity contribution < 1.29 is 4.74 Å². The molecule has 0 bridgehead atoms. The van der Waals surface area contributed by atoms with Crippen LogP contribution in [-0.2, 0) is 4.74 Å². The lowest BCUT2D eigenvalue weighted by Gasteiger charge is -2.34. The number of ether oxygens (including phenoxy) is 1. The van der Waals surface area contributed by atoms with E-state index in [0.717, 1.165) is 32.2 Å². The Morgan fingerprint density at radius 3 is 2.54 bits per heavy atom. The van der Waals surface area contributed by atoms with Gasteiger partial charge in [-0.15, -0.1) is 0 Å². The largest absolute Gasteiger partial charge is 0.381 e. The molecule has 0 saturated heterocycles. The van der Waals surface area contributed by atoms with Crippen molar-refractivity contribution in [1.82, 2.24) is 5.32 Å². The molecule has 0 aliphatic heterocycles. The molecule has 1 rings (SSSR count). The Morgan fingerprint density at radius 1 is 1.54 bits per heavy atom. The number of hydrogen-bond acceptors (Lipinski definition) is 3. The Kier molecular flexibility index (Phi) is 3.71. The zero-order valence-corrected chi connectivity index (χ0v) is 8.47. The fourth-order valence-electron chi connectivity index (χ4n) is 1.99. The molecule has 13 heavy (non-hydrogen) atoms. The van der Waals surface area contributed by atoms with Crippen LogP contribution >= 0.6 is 0 Å². The van der Waals surface area contributed by atoms with Crippen molar-refractivity contribution in [3.63, 3.8) is 0 Å². The average Bonchev–Trinajstić information content (AvgIpc) is 2.19. The smallest absolute Gasteiger partial charge is 0.106 e. The highest BCUT2D eigenvalue weighted by Gasteiger charge is 2.34. The molecule has 0 unspecified atom stereocenters. The fraction of sp³-hybridized carbons (Fsp3) is 0.900. The first kappa shape index (κ1) is 10.5. The molecule has 0 aromatic carbocycles. The zero-order valence-electron chi connectivity index (χ0n) is 8.47. The van der Waals surface area contributed by atoms with Gasteiger partial charge in [0.15, 0.2) is 0 Å². The van der Waals surface area contributed by atoms with Gasteiger partial charge in [-0.1, -0.05) is 6.92 Å². The maximum atomic E-state index is 9.08. The van der Waals surface area contributed by atoms with Crippen LogP contribution in [-0.4, -0.2) is 25.3 Å². The normalized spacial score (nSPS) is 34.1. The summed E-state index contributed by atoms with van der Waals surface area (Å²) in [6.45, 7) is 2.91. The first-order chi connectivity index (χ1) is 6.26. The number of nitrogens with zero attached hydrogens (tertiary/aromatic N) is 1. The third kappa shape index (κ3) is 2.43. The van der Waals surface area contributed by atoms with Gasteiger partial charge in [-0.2, -0.15) is 5.26 Å². The summed E-state index contributed by atoms with van der Waals surface area (Å²) < 4.78 is 5.27. The third-order valence-electron chi connectivity index (χ3n) is 2.85. The minimum absolute atomic E-state index is 0.274. The standard InChI is InChI=1S/C10H18N2O/c1-3-12-10(8-11)6-4-9(13-2)5-7-10/h9,12H,3-7H2,1-2H3. The Balaban J connectivity index is 2.49. The van der Waals surface area contributed by atoms with Gasteiger partial charge < -0.3 is 4.74 Å². The van der Waals surface area contributed by atoms with Crippen molar-refractivity contribution in [3.8, 4) is 6.07 Å². The fourth-order valence-corrected chi connectivity index (χ4v) is 1.99. The molecular formula is C10H18N2O. The van der Waals surface area contributed by atoms with Crippen molar-refractivity contribution in [1.29, 1.82) is 5.26 Å². The SMILES string of the molecule is CCNC1(C#N)CCC(OC)CC1. The van der Waals surface area contributed by atoms with Crippen molar-refractivity contribution in [2.45, 2.75) is 44.2 Å². The first-order valence-corrected chi connectivity index (χ1v) is 4.95. The summed E-state index contributed by atoms with van der Waals surface area (Å²) in [6.07, 6.45) is 4.18. The predicted octanol–water partition coefficient (Wildman–Crippen LogP) is 1.45. The van der Waals surface area contributed by atoms with Crippen molar-refractivity contribution in [3.05, 3.63) is 0 Å². The highest BCUT2D eigenvalue weighted by molar-refractivity contribution is 5.09. The number of methoxy groups -OCH3 is 1. The van der Waals surface area contributed by atoms with Gasteiger partial charge in [-0.25, -0.2) is 0 Å². The van der Waals surface area contributed by atoms with Gasteiger partial charge in [0.05, 0.1) is 12.2 Å². The van der Waals surface area contributed by atoms with Gasteiger partial charge >= 0.3 is 0 Å². The van der Waals surface area contributed by atoms with Crippen molar-refractivity contribution >= 4 is 0 Å². The van der Waals surface area contributed by atoms with E-state index in [4.69, 9.17) is 10.00 Å². The molecule has 0 heterocycles. The maximum absolute atomic E-state index is 9.08. The van der Waals surface area contributed by atoms with E-state index in [0.29, 0.717) is 6.10 Å². The molecule has 1 N–H and O–H groups in total. The van der Waals surface area contributed by atoms with Crippen LogP contribution in [0.15, 0.2) is 0 Å². The number of hydrogen-bond donors (Lipinski definition) is 1. The summed E-state index contributed by atoms with van der Waals surface area (Å²) in [4.78, 5) is 0. The van der Waals surface area contributed by atoms with E-state index in [-0.39, 0.29) is 5.54 Å². The minimum atomic E-state index is -0.274. The van der Waals surface area contributed by atoms with Crippen LogP contribution in [0.4, 0.5) is 0 Å². The van der Waals surface area contributed by atoms with Crippen LogP contribution in [0.3, 0.4) is 0 Å². The summed E-state index contributed by atoms with van der Waals surface area (Å²) in [5, 5.41) is 12.4. The Hall–Kier alpha value is -0.590. The summed E-state index contributed by atoms with van der Waals surface area (Å²) in [5.74, 6) is 0. The van der Waals surface area contributed by atoms with E-state index < -0.39 is 0 Å². The number of nitriles is 1. The molecule has 3 heteroatoms. The Labute approximate surface area is 80.1 Å². The van der Waals surface area contributed by atoms with Crippen LogP contribution in [0.1, 0.15) is 32.6 Å². The summed E-state index contributed by atoms with van der Waals surface area (Å²) in [5.41, 5.74) is -0.274. The molecule has 3 nitrogen and oxygen atoms in total. The van der Waals surface area contributed by atoms with E-state index in [1.807, 2.05) is 6.92 Å².